The molecule has 1 unspecified atom stereocenters. The number of hydrogen-bond donors (Lipinski definition) is 4. The molecule has 1 atom stereocenters. The molecule has 0 saturated heterocycles. The van der Waals surface area contributed by atoms with E-state index in [1.54, 1.807) is 6.20 Å². The van der Waals surface area contributed by atoms with Crippen molar-refractivity contribution in [2.45, 2.75) is 24.9 Å². The molecule has 0 aliphatic heterocycles. The molecule has 2 heterocycles. The number of aromatic nitrogens is 2. The summed E-state index contributed by atoms with van der Waals surface area (Å²) in [4.78, 5) is 27.9. The smallest absolute Gasteiger partial charge is 0.490 e. The first kappa shape index (κ1) is 28.0. The van der Waals surface area contributed by atoms with E-state index in [4.69, 9.17) is 14.6 Å². The van der Waals surface area contributed by atoms with Gasteiger partial charge in [-0.1, -0.05) is 36.4 Å². The van der Waals surface area contributed by atoms with E-state index in [0.717, 1.165) is 46.6 Å². The Balaban J connectivity index is 0.000000505. The van der Waals surface area contributed by atoms with Crippen molar-refractivity contribution in [3.05, 3.63) is 90.3 Å². The summed E-state index contributed by atoms with van der Waals surface area (Å²) in [7, 11) is 0. The number of halogens is 3. The molecule has 4 rings (SSSR count). The fourth-order valence-corrected chi connectivity index (χ4v) is 3.71. The van der Waals surface area contributed by atoms with Crippen LogP contribution in [0.25, 0.3) is 10.9 Å². The molecule has 2 aromatic carbocycles. The zero-order valence-electron chi connectivity index (χ0n) is 20.1. The number of ether oxygens (including phenoxy) is 1. The van der Waals surface area contributed by atoms with E-state index in [2.05, 4.69) is 15.3 Å². The molecule has 0 amide bonds. The maximum Gasteiger partial charge on any atom is 0.490 e. The summed E-state index contributed by atoms with van der Waals surface area (Å²) in [5.74, 6) is -2.19. The van der Waals surface area contributed by atoms with Crippen LogP contribution < -0.4 is 10.1 Å². The molecule has 38 heavy (non-hydrogen) atoms. The number of benzene rings is 2. The Hall–Kier alpha value is -4.54. The van der Waals surface area contributed by atoms with Gasteiger partial charge in [0.05, 0.1) is 13.0 Å². The van der Waals surface area contributed by atoms with Crippen LogP contribution in [-0.2, 0) is 9.59 Å². The molecule has 0 radical (unpaired) electrons. The number of nitrogens with zero attached hydrogens (tertiary/aromatic N) is 1. The second-order valence-corrected chi connectivity index (χ2v) is 8.16. The van der Waals surface area contributed by atoms with E-state index in [-0.39, 0.29) is 12.3 Å². The Labute approximate surface area is 216 Å². The van der Waals surface area contributed by atoms with Crippen LogP contribution in [-0.4, -0.2) is 51.4 Å². The Bertz CT molecular complexity index is 1330. The van der Waals surface area contributed by atoms with Gasteiger partial charge in [-0.15, -0.1) is 0 Å². The predicted octanol–water partition coefficient (Wildman–Crippen LogP) is 5.68. The molecule has 0 aliphatic rings. The molecule has 2 aromatic heterocycles. The molecule has 0 aliphatic carbocycles. The summed E-state index contributed by atoms with van der Waals surface area (Å²) < 4.78 is 37.7. The zero-order chi connectivity index (χ0) is 27.5. The molecule has 8 nitrogen and oxygen atoms in total. The van der Waals surface area contributed by atoms with E-state index in [1.807, 2.05) is 72.9 Å². The number of anilines is 1. The number of fused-ring (bicyclic) bond motifs is 1. The van der Waals surface area contributed by atoms with Crippen LogP contribution in [0, 0.1) is 0 Å². The normalized spacial score (nSPS) is 11.8. The summed E-state index contributed by atoms with van der Waals surface area (Å²) in [5, 5.41) is 20.8. The second-order valence-electron chi connectivity index (χ2n) is 8.16. The van der Waals surface area contributed by atoms with Gasteiger partial charge in [-0.25, -0.2) is 9.78 Å². The maximum absolute atomic E-state index is 11.5. The van der Waals surface area contributed by atoms with Gasteiger partial charge in [-0.2, -0.15) is 13.2 Å². The molecule has 0 spiro atoms. The third-order valence-corrected chi connectivity index (χ3v) is 5.44. The van der Waals surface area contributed by atoms with Crippen LogP contribution in [0.2, 0.25) is 0 Å². The van der Waals surface area contributed by atoms with Crippen LogP contribution in [0.3, 0.4) is 0 Å². The lowest BCUT2D eigenvalue weighted by atomic mass is 9.88. The fourth-order valence-electron chi connectivity index (χ4n) is 3.71. The quantitative estimate of drug-likeness (QED) is 0.195. The highest BCUT2D eigenvalue weighted by Crippen LogP contribution is 2.35. The number of carbonyl (C=O) groups is 2. The van der Waals surface area contributed by atoms with Crippen LogP contribution in [0.5, 0.6) is 5.75 Å². The van der Waals surface area contributed by atoms with Gasteiger partial charge in [-0.05, 0) is 47.9 Å². The SMILES string of the molecule is O=C(O)C(F)(F)F.O=C(O)CC(c1ccccc1)c1c[nH]c2ccc(OCCCNc3ccccn3)cc12. The zero-order valence-corrected chi connectivity index (χ0v) is 20.1. The summed E-state index contributed by atoms with van der Waals surface area (Å²) in [6.45, 7) is 1.34. The average molecular weight is 530 g/mol. The van der Waals surface area contributed by atoms with Gasteiger partial charge in [0.15, 0.2) is 0 Å². The summed E-state index contributed by atoms with van der Waals surface area (Å²) >= 11 is 0. The highest BCUT2D eigenvalue weighted by Gasteiger charge is 2.38. The largest absolute Gasteiger partial charge is 0.494 e. The third-order valence-electron chi connectivity index (χ3n) is 5.44. The number of rotatable bonds is 10. The minimum atomic E-state index is -5.08. The molecule has 4 aromatic rings. The van der Waals surface area contributed by atoms with Crippen molar-refractivity contribution in [2.75, 3.05) is 18.5 Å². The first-order chi connectivity index (χ1) is 18.1. The molecule has 0 bridgehead atoms. The molecular weight excluding hydrogens is 503 g/mol. The molecule has 0 fully saturated rings. The van der Waals surface area contributed by atoms with Crippen molar-refractivity contribution in [1.82, 2.24) is 9.97 Å². The predicted molar refractivity (Wildman–Crippen MR) is 135 cm³/mol. The standard InChI is InChI=1S/C25H25N3O3.C2HF3O2/c29-25(30)16-20(18-7-2-1-3-8-18)22-17-28-23-11-10-19(15-21(22)23)31-14-6-13-27-24-9-4-5-12-26-24;3-2(4,5)1(6)7/h1-5,7-12,15,17,20,28H,6,13-14,16H2,(H,26,27)(H,29,30);(H,6,7). The number of aliphatic carboxylic acids is 2. The minimum absolute atomic E-state index is 0.0290. The number of H-pyrrole nitrogens is 1. The molecule has 4 N–H and O–H groups in total. The lowest BCUT2D eigenvalue weighted by Gasteiger charge is -2.15. The maximum atomic E-state index is 11.5. The number of hydrogen-bond acceptors (Lipinski definition) is 5. The highest BCUT2D eigenvalue weighted by molar-refractivity contribution is 5.86. The Kier molecular flexibility index (Phi) is 9.69. The molecule has 0 saturated carbocycles. The molecule has 11 heteroatoms. The second kappa shape index (κ2) is 13.1. The van der Waals surface area contributed by atoms with Gasteiger partial charge in [-0.3, -0.25) is 4.79 Å². The number of nitrogens with one attached hydrogen (secondary N) is 2. The van der Waals surface area contributed by atoms with Gasteiger partial charge in [0.1, 0.15) is 11.6 Å². The lowest BCUT2D eigenvalue weighted by molar-refractivity contribution is -0.192. The number of alkyl halides is 3. The monoisotopic (exact) mass is 529 g/mol. The van der Waals surface area contributed by atoms with Crippen molar-refractivity contribution in [3.63, 3.8) is 0 Å². The summed E-state index contributed by atoms with van der Waals surface area (Å²) in [6, 6.07) is 21.4. The number of aromatic amines is 1. The van der Waals surface area contributed by atoms with Gasteiger partial charge < -0.3 is 25.3 Å². The van der Waals surface area contributed by atoms with Gasteiger partial charge >= 0.3 is 18.1 Å². The lowest BCUT2D eigenvalue weighted by Crippen LogP contribution is -2.21. The van der Waals surface area contributed by atoms with Crippen LogP contribution in [0.4, 0.5) is 19.0 Å². The highest BCUT2D eigenvalue weighted by atomic mass is 19.4. The number of carboxylic acid groups (broad SMARTS) is 2. The van der Waals surface area contributed by atoms with E-state index in [1.165, 1.54) is 0 Å². The molecule has 200 valence electrons. The summed E-state index contributed by atoms with van der Waals surface area (Å²) in [5.41, 5.74) is 2.91. The summed E-state index contributed by atoms with van der Waals surface area (Å²) in [6.07, 6.45) is -0.553. The Morgan fingerprint density at radius 2 is 1.74 bits per heavy atom. The van der Waals surface area contributed by atoms with Crippen LogP contribution >= 0.6 is 0 Å². The number of carboxylic acids is 2. The minimum Gasteiger partial charge on any atom is -0.494 e. The first-order valence-electron chi connectivity index (χ1n) is 11.6. The van der Waals surface area contributed by atoms with Crippen molar-refractivity contribution in [3.8, 4) is 5.75 Å². The Morgan fingerprint density at radius 3 is 2.37 bits per heavy atom. The average Bonchev–Trinajstić information content (AvgIpc) is 3.31. The topological polar surface area (TPSA) is 125 Å². The molecular formula is C27H26F3N3O5. The number of pyridine rings is 1. The van der Waals surface area contributed by atoms with Gasteiger partial charge in [0, 0.05) is 35.8 Å². The third kappa shape index (κ3) is 8.26. The van der Waals surface area contributed by atoms with Gasteiger partial charge in [0.2, 0.25) is 0 Å². The Morgan fingerprint density at radius 1 is 1.03 bits per heavy atom. The van der Waals surface area contributed by atoms with Crippen molar-refractivity contribution in [1.29, 1.82) is 0 Å². The fraction of sp³-hybridized carbons (Fsp3) is 0.222. The van der Waals surface area contributed by atoms with Crippen molar-refractivity contribution >= 4 is 28.7 Å². The van der Waals surface area contributed by atoms with E-state index < -0.39 is 18.1 Å². The van der Waals surface area contributed by atoms with Crippen molar-refractivity contribution in [2.24, 2.45) is 0 Å². The van der Waals surface area contributed by atoms with E-state index in [0.29, 0.717) is 6.61 Å². The van der Waals surface area contributed by atoms with E-state index in [9.17, 15) is 23.1 Å². The van der Waals surface area contributed by atoms with Gasteiger partial charge in [0.25, 0.3) is 0 Å². The first-order valence-corrected chi connectivity index (χ1v) is 11.6. The van der Waals surface area contributed by atoms with E-state index >= 15 is 0 Å². The van der Waals surface area contributed by atoms with Crippen LogP contribution in [0.1, 0.15) is 29.9 Å². The van der Waals surface area contributed by atoms with Crippen molar-refractivity contribution < 1.29 is 37.7 Å². The van der Waals surface area contributed by atoms with Crippen LogP contribution in [0.15, 0.2) is 79.1 Å².